The third kappa shape index (κ3) is 4.41. The van der Waals surface area contributed by atoms with Gasteiger partial charge in [0.05, 0.1) is 5.56 Å². The van der Waals surface area contributed by atoms with Gasteiger partial charge >= 0.3 is 6.18 Å². The molecule has 0 radical (unpaired) electrons. The van der Waals surface area contributed by atoms with Crippen LogP contribution >= 0.6 is 0 Å². The molecule has 1 fully saturated rings. The van der Waals surface area contributed by atoms with E-state index in [0.717, 1.165) is 23.6 Å². The van der Waals surface area contributed by atoms with E-state index in [2.05, 4.69) is 6.92 Å². The topological polar surface area (TPSA) is 0 Å². The number of alkyl halides is 3. The van der Waals surface area contributed by atoms with E-state index in [1.807, 2.05) is 6.07 Å². The minimum Gasteiger partial charge on any atom is -0.166 e. The Balaban J connectivity index is 0.000000315. The summed E-state index contributed by atoms with van der Waals surface area (Å²) in [6.07, 6.45) is -1.31. The summed E-state index contributed by atoms with van der Waals surface area (Å²) >= 11 is 0. The minimum absolute atomic E-state index is 0.579. The maximum Gasteiger partial charge on any atom is 0.416 e. The van der Waals surface area contributed by atoms with Gasteiger partial charge in [-0.25, -0.2) is 0 Å². The summed E-state index contributed by atoms with van der Waals surface area (Å²) < 4.78 is 37.5. The first-order valence-electron chi connectivity index (χ1n) is 6.69. The Morgan fingerprint density at radius 2 is 1.40 bits per heavy atom. The smallest absolute Gasteiger partial charge is 0.166 e. The Bertz CT molecular complexity index is 540. The van der Waals surface area contributed by atoms with Crippen molar-refractivity contribution in [3.05, 3.63) is 60.2 Å². The van der Waals surface area contributed by atoms with Crippen LogP contribution in [-0.2, 0) is 6.18 Å². The average Bonchev–Trinajstić information content (AvgIpc) is 3.22. The first-order chi connectivity index (χ1) is 9.47. The highest BCUT2D eigenvalue weighted by molar-refractivity contribution is 5.64. The molecule has 3 heteroatoms. The summed E-state index contributed by atoms with van der Waals surface area (Å²) in [6.45, 7) is 2.28. The highest BCUT2D eigenvalue weighted by Crippen LogP contribution is 2.31. The largest absolute Gasteiger partial charge is 0.416 e. The molecule has 3 rings (SSSR count). The molecule has 1 saturated carbocycles. The second kappa shape index (κ2) is 6.12. The number of halogens is 3. The Hall–Kier alpha value is -1.77. The van der Waals surface area contributed by atoms with Crippen LogP contribution in [-0.4, -0.2) is 0 Å². The van der Waals surface area contributed by atoms with Crippen molar-refractivity contribution in [1.82, 2.24) is 0 Å². The second-order valence-electron chi connectivity index (χ2n) is 5.13. The quantitative estimate of drug-likeness (QED) is 0.619. The molecule has 0 amide bonds. The highest BCUT2D eigenvalue weighted by Gasteiger charge is 2.30. The van der Waals surface area contributed by atoms with Crippen molar-refractivity contribution in [2.24, 2.45) is 5.92 Å². The van der Waals surface area contributed by atoms with E-state index in [4.69, 9.17) is 0 Å². The molecule has 0 atom stereocenters. The third-order valence-electron chi connectivity index (χ3n) is 3.16. The summed E-state index contributed by atoms with van der Waals surface area (Å²) in [4.78, 5) is 0. The van der Waals surface area contributed by atoms with Crippen LogP contribution in [0.4, 0.5) is 13.2 Å². The van der Waals surface area contributed by atoms with Crippen molar-refractivity contribution < 1.29 is 13.2 Å². The van der Waals surface area contributed by atoms with E-state index < -0.39 is 11.7 Å². The normalized spacial score (nSPS) is 14.4. The van der Waals surface area contributed by atoms with E-state index >= 15 is 0 Å². The van der Waals surface area contributed by atoms with Gasteiger partial charge in [0.15, 0.2) is 0 Å². The summed E-state index contributed by atoms with van der Waals surface area (Å²) in [5, 5.41) is 0. The maximum absolute atomic E-state index is 12.5. The lowest BCUT2D eigenvalue weighted by Crippen LogP contribution is -2.04. The first kappa shape index (κ1) is 14.6. The van der Waals surface area contributed by atoms with Gasteiger partial charge < -0.3 is 0 Å². The van der Waals surface area contributed by atoms with Gasteiger partial charge in [-0.3, -0.25) is 0 Å². The van der Waals surface area contributed by atoms with Crippen LogP contribution < -0.4 is 0 Å². The fraction of sp³-hybridized carbons (Fsp3) is 0.294. The molecule has 0 N–H and O–H groups in total. The Morgan fingerprint density at radius 3 is 1.90 bits per heavy atom. The molecule has 0 unspecified atom stereocenters. The Morgan fingerprint density at radius 1 is 0.850 bits per heavy atom. The van der Waals surface area contributed by atoms with Crippen LogP contribution in [0.5, 0.6) is 0 Å². The predicted molar refractivity (Wildman–Crippen MR) is 75.3 cm³/mol. The Labute approximate surface area is 117 Å². The summed E-state index contributed by atoms with van der Waals surface area (Å²) in [5.74, 6) is 1.08. The minimum atomic E-state index is -4.29. The summed E-state index contributed by atoms with van der Waals surface area (Å²) in [7, 11) is 0. The van der Waals surface area contributed by atoms with Gasteiger partial charge in [0.25, 0.3) is 0 Å². The lowest BCUT2D eigenvalue weighted by atomic mass is 10.0. The molecular weight excluding hydrogens is 261 g/mol. The second-order valence-corrected chi connectivity index (χ2v) is 5.13. The van der Waals surface area contributed by atoms with Crippen molar-refractivity contribution in [2.45, 2.75) is 25.9 Å². The third-order valence-corrected chi connectivity index (χ3v) is 3.16. The molecule has 0 aliphatic heterocycles. The van der Waals surface area contributed by atoms with Crippen molar-refractivity contribution in [1.29, 1.82) is 0 Å². The molecule has 0 saturated heterocycles. The molecule has 1 aliphatic rings. The highest BCUT2D eigenvalue weighted by atomic mass is 19.4. The average molecular weight is 278 g/mol. The SMILES string of the molecule is CC1CC1.FC(F)(F)c1cccc(-c2ccccc2)c1. The lowest BCUT2D eigenvalue weighted by Gasteiger charge is -2.08. The van der Waals surface area contributed by atoms with Crippen molar-refractivity contribution >= 4 is 0 Å². The first-order valence-corrected chi connectivity index (χ1v) is 6.69. The van der Waals surface area contributed by atoms with E-state index in [1.165, 1.54) is 18.9 Å². The van der Waals surface area contributed by atoms with Gasteiger partial charge in [0.2, 0.25) is 0 Å². The van der Waals surface area contributed by atoms with Gasteiger partial charge in [-0.1, -0.05) is 62.2 Å². The fourth-order valence-corrected chi connectivity index (χ4v) is 1.67. The molecule has 20 heavy (non-hydrogen) atoms. The zero-order valence-corrected chi connectivity index (χ0v) is 11.3. The molecule has 0 spiro atoms. The number of hydrogen-bond acceptors (Lipinski definition) is 0. The summed E-state index contributed by atoms with van der Waals surface area (Å²) in [6, 6.07) is 14.3. The number of rotatable bonds is 1. The van der Waals surface area contributed by atoms with Crippen LogP contribution in [0.1, 0.15) is 25.3 Å². The van der Waals surface area contributed by atoms with Crippen LogP contribution in [0.25, 0.3) is 11.1 Å². The van der Waals surface area contributed by atoms with Crippen LogP contribution in [0.15, 0.2) is 54.6 Å². The van der Waals surface area contributed by atoms with Crippen LogP contribution in [0.2, 0.25) is 0 Å². The maximum atomic E-state index is 12.5. The van der Waals surface area contributed by atoms with Gasteiger partial charge in [-0.05, 0) is 29.2 Å². The van der Waals surface area contributed by atoms with E-state index in [-0.39, 0.29) is 0 Å². The zero-order chi connectivity index (χ0) is 14.6. The molecule has 0 nitrogen and oxygen atoms in total. The number of hydrogen-bond donors (Lipinski definition) is 0. The Kier molecular flexibility index (Phi) is 4.48. The van der Waals surface area contributed by atoms with Gasteiger partial charge in [-0.15, -0.1) is 0 Å². The standard InChI is InChI=1S/C13H9F3.C4H8/c14-13(15,16)12-8-4-7-11(9-12)10-5-2-1-3-6-10;1-4-2-3-4/h1-9H;4H,2-3H2,1H3. The van der Waals surface area contributed by atoms with Crippen molar-refractivity contribution in [3.8, 4) is 11.1 Å². The predicted octanol–water partition coefficient (Wildman–Crippen LogP) is 5.79. The molecule has 2 aromatic rings. The van der Waals surface area contributed by atoms with Crippen LogP contribution in [0, 0.1) is 5.92 Å². The van der Waals surface area contributed by atoms with Crippen molar-refractivity contribution in [3.63, 3.8) is 0 Å². The molecule has 0 aromatic heterocycles. The molecular formula is C17H17F3. The zero-order valence-electron chi connectivity index (χ0n) is 11.3. The van der Waals surface area contributed by atoms with Gasteiger partial charge in [0, 0.05) is 0 Å². The molecule has 1 aliphatic carbocycles. The number of benzene rings is 2. The fourth-order valence-electron chi connectivity index (χ4n) is 1.67. The van der Waals surface area contributed by atoms with E-state index in [9.17, 15) is 13.2 Å². The summed E-state index contributed by atoms with van der Waals surface area (Å²) in [5.41, 5.74) is 0.748. The molecule has 2 aromatic carbocycles. The lowest BCUT2D eigenvalue weighted by molar-refractivity contribution is -0.137. The van der Waals surface area contributed by atoms with Gasteiger partial charge in [-0.2, -0.15) is 13.2 Å². The molecule has 0 bridgehead atoms. The molecule has 106 valence electrons. The molecule has 0 heterocycles. The van der Waals surface area contributed by atoms with Crippen LogP contribution in [0.3, 0.4) is 0 Å². The van der Waals surface area contributed by atoms with E-state index in [0.29, 0.717) is 5.56 Å². The monoisotopic (exact) mass is 278 g/mol. The van der Waals surface area contributed by atoms with Crippen molar-refractivity contribution in [2.75, 3.05) is 0 Å². The van der Waals surface area contributed by atoms with Gasteiger partial charge in [0.1, 0.15) is 0 Å². The van der Waals surface area contributed by atoms with E-state index in [1.54, 1.807) is 30.3 Å².